The molecule has 0 aliphatic heterocycles. The van der Waals surface area contributed by atoms with Gasteiger partial charge in [0.1, 0.15) is 0 Å². The van der Waals surface area contributed by atoms with Crippen LogP contribution in [0.25, 0.3) is 0 Å². The average molecular weight is 171 g/mol. The van der Waals surface area contributed by atoms with Crippen molar-refractivity contribution < 1.29 is 4.74 Å². The van der Waals surface area contributed by atoms with Crippen LogP contribution in [0.3, 0.4) is 0 Å². The van der Waals surface area contributed by atoms with Crippen LogP contribution in [0.5, 0.6) is 0 Å². The molecule has 2 nitrogen and oxygen atoms in total. The normalized spacial score (nSPS) is 12.8. The van der Waals surface area contributed by atoms with E-state index >= 15 is 0 Å². The first-order valence-corrected chi connectivity index (χ1v) is 4.74. The molecule has 72 valence electrons. The SMILES string of the molecule is C=CCCOC(C)CCNCC. The Labute approximate surface area is 76.0 Å². The molecule has 1 unspecified atom stereocenters. The first-order chi connectivity index (χ1) is 5.81. The Morgan fingerprint density at radius 2 is 2.33 bits per heavy atom. The van der Waals surface area contributed by atoms with E-state index in [-0.39, 0.29) is 0 Å². The summed E-state index contributed by atoms with van der Waals surface area (Å²) in [6.07, 6.45) is 4.29. The smallest absolute Gasteiger partial charge is 0.0559 e. The van der Waals surface area contributed by atoms with Crippen LogP contribution in [-0.4, -0.2) is 25.8 Å². The summed E-state index contributed by atoms with van der Waals surface area (Å²) in [5.74, 6) is 0. The van der Waals surface area contributed by atoms with Crippen LogP contribution >= 0.6 is 0 Å². The number of ether oxygens (including phenoxy) is 1. The molecule has 1 N–H and O–H groups in total. The lowest BCUT2D eigenvalue weighted by molar-refractivity contribution is 0.0639. The van der Waals surface area contributed by atoms with Gasteiger partial charge in [-0.3, -0.25) is 0 Å². The summed E-state index contributed by atoms with van der Waals surface area (Å²) in [5, 5.41) is 3.27. The second-order valence-corrected chi connectivity index (χ2v) is 2.90. The monoisotopic (exact) mass is 171 g/mol. The van der Waals surface area contributed by atoms with Gasteiger partial charge in [-0.05, 0) is 32.9 Å². The summed E-state index contributed by atoms with van der Waals surface area (Å²) in [6.45, 7) is 10.8. The Morgan fingerprint density at radius 1 is 1.58 bits per heavy atom. The van der Waals surface area contributed by atoms with Gasteiger partial charge in [-0.15, -0.1) is 6.58 Å². The van der Waals surface area contributed by atoms with Gasteiger partial charge in [0.15, 0.2) is 0 Å². The van der Waals surface area contributed by atoms with E-state index in [9.17, 15) is 0 Å². The number of hydrogen-bond donors (Lipinski definition) is 1. The molecule has 0 amide bonds. The average Bonchev–Trinajstić information content (AvgIpc) is 2.06. The van der Waals surface area contributed by atoms with E-state index in [0.29, 0.717) is 6.10 Å². The number of hydrogen-bond acceptors (Lipinski definition) is 2. The fourth-order valence-electron chi connectivity index (χ4n) is 0.918. The highest BCUT2D eigenvalue weighted by atomic mass is 16.5. The van der Waals surface area contributed by atoms with Crippen molar-refractivity contribution in [3.8, 4) is 0 Å². The quantitative estimate of drug-likeness (QED) is 0.445. The molecule has 0 aliphatic rings. The molecule has 0 spiro atoms. The first-order valence-electron chi connectivity index (χ1n) is 4.74. The van der Waals surface area contributed by atoms with Gasteiger partial charge >= 0.3 is 0 Å². The molecule has 0 bridgehead atoms. The van der Waals surface area contributed by atoms with Crippen LogP contribution in [0.2, 0.25) is 0 Å². The topological polar surface area (TPSA) is 21.3 Å². The van der Waals surface area contributed by atoms with E-state index in [1.807, 2.05) is 6.08 Å². The van der Waals surface area contributed by atoms with Crippen LogP contribution in [0.4, 0.5) is 0 Å². The predicted molar refractivity (Wildman–Crippen MR) is 53.4 cm³/mol. The molecular formula is C10H21NO. The molecule has 0 aromatic heterocycles. The second-order valence-electron chi connectivity index (χ2n) is 2.90. The van der Waals surface area contributed by atoms with E-state index in [1.54, 1.807) is 0 Å². The molecule has 0 aromatic rings. The molecule has 2 heteroatoms. The van der Waals surface area contributed by atoms with Crippen LogP contribution in [-0.2, 0) is 4.74 Å². The summed E-state index contributed by atoms with van der Waals surface area (Å²) in [6, 6.07) is 0. The van der Waals surface area contributed by atoms with Gasteiger partial charge in [-0.25, -0.2) is 0 Å². The molecule has 0 saturated carbocycles. The second kappa shape index (κ2) is 8.75. The van der Waals surface area contributed by atoms with Gasteiger partial charge in [0.2, 0.25) is 0 Å². The Morgan fingerprint density at radius 3 is 2.92 bits per heavy atom. The molecule has 0 rings (SSSR count). The lowest BCUT2D eigenvalue weighted by Gasteiger charge is -2.11. The van der Waals surface area contributed by atoms with E-state index in [4.69, 9.17) is 4.74 Å². The largest absolute Gasteiger partial charge is 0.378 e. The van der Waals surface area contributed by atoms with Crippen LogP contribution in [0, 0.1) is 0 Å². The van der Waals surface area contributed by atoms with Crippen molar-refractivity contribution in [3.05, 3.63) is 12.7 Å². The maximum Gasteiger partial charge on any atom is 0.0559 e. The van der Waals surface area contributed by atoms with E-state index < -0.39 is 0 Å². The van der Waals surface area contributed by atoms with Gasteiger partial charge in [0.05, 0.1) is 12.7 Å². The summed E-state index contributed by atoms with van der Waals surface area (Å²) in [7, 11) is 0. The molecule has 0 heterocycles. The molecule has 12 heavy (non-hydrogen) atoms. The fraction of sp³-hybridized carbons (Fsp3) is 0.800. The molecule has 0 saturated heterocycles. The Kier molecular flexibility index (Phi) is 8.51. The van der Waals surface area contributed by atoms with Crippen LogP contribution < -0.4 is 5.32 Å². The van der Waals surface area contributed by atoms with Crippen molar-refractivity contribution >= 4 is 0 Å². The number of rotatable bonds is 8. The third kappa shape index (κ3) is 7.76. The van der Waals surface area contributed by atoms with Gasteiger partial charge in [0.25, 0.3) is 0 Å². The molecule has 0 fully saturated rings. The first kappa shape index (κ1) is 11.7. The highest BCUT2D eigenvalue weighted by molar-refractivity contribution is 4.65. The zero-order chi connectivity index (χ0) is 9.23. The highest BCUT2D eigenvalue weighted by Gasteiger charge is 1.99. The van der Waals surface area contributed by atoms with Crippen molar-refractivity contribution in [2.45, 2.75) is 32.8 Å². The summed E-state index contributed by atoms with van der Waals surface area (Å²) < 4.78 is 5.52. The van der Waals surface area contributed by atoms with E-state index in [2.05, 4.69) is 25.7 Å². The van der Waals surface area contributed by atoms with Crippen molar-refractivity contribution in [2.24, 2.45) is 0 Å². The lowest BCUT2D eigenvalue weighted by atomic mass is 10.3. The molecule has 0 aromatic carbocycles. The Balaban J connectivity index is 3.09. The van der Waals surface area contributed by atoms with Crippen molar-refractivity contribution in [3.63, 3.8) is 0 Å². The van der Waals surface area contributed by atoms with Crippen LogP contribution in [0.15, 0.2) is 12.7 Å². The van der Waals surface area contributed by atoms with E-state index in [0.717, 1.165) is 32.5 Å². The highest BCUT2D eigenvalue weighted by Crippen LogP contribution is 1.97. The number of nitrogens with one attached hydrogen (secondary N) is 1. The Hall–Kier alpha value is -0.340. The fourth-order valence-corrected chi connectivity index (χ4v) is 0.918. The molecule has 0 aliphatic carbocycles. The van der Waals surface area contributed by atoms with Gasteiger partial charge in [0, 0.05) is 0 Å². The minimum absolute atomic E-state index is 0.365. The van der Waals surface area contributed by atoms with Gasteiger partial charge in [-0.1, -0.05) is 13.0 Å². The summed E-state index contributed by atoms with van der Waals surface area (Å²) in [4.78, 5) is 0. The molecule has 1 atom stereocenters. The van der Waals surface area contributed by atoms with Gasteiger partial charge < -0.3 is 10.1 Å². The van der Waals surface area contributed by atoms with Crippen molar-refractivity contribution in [2.75, 3.05) is 19.7 Å². The zero-order valence-electron chi connectivity index (χ0n) is 8.31. The third-order valence-electron chi connectivity index (χ3n) is 1.70. The minimum atomic E-state index is 0.365. The third-order valence-corrected chi connectivity index (χ3v) is 1.70. The van der Waals surface area contributed by atoms with E-state index in [1.165, 1.54) is 0 Å². The maximum atomic E-state index is 5.52. The molecule has 0 radical (unpaired) electrons. The molecular weight excluding hydrogens is 150 g/mol. The zero-order valence-corrected chi connectivity index (χ0v) is 8.31. The van der Waals surface area contributed by atoms with Crippen LogP contribution in [0.1, 0.15) is 26.7 Å². The van der Waals surface area contributed by atoms with Gasteiger partial charge in [-0.2, -0.15) is 0 Å². The summed E-state index contributed by atoms with van der Waals surface area (Å²) >= 11 is 0. The minimum Gasteiger partial charge on any atom is -0.378 e. The predicted octanol–water partition coefficient (Wildman–Crippen LogP) is 1.97. The lowest BCUT2D eigenvalue weighted by Crippen LogP contribution is -2.20. The standard InChI is InChI=1S/C10H21NO/c1-4-6-9-12-10(3)7-8-11-5-2/h4,10-11H,1,5-9H2,2-3H3. The van der Waals surface area contributed by atoms with Crippen molar-refractivity contribution in [1.29, 1.82) is 0 Å². The Bertz CT molecular complexity index is 104. The summed E-state index contributed by atoms with van der Waals surface area (Å²) in [5.41, 5.74) is 0. The van der Waals surface area contributed by atoms with Crippen molar-refractivity contribution in [1.82, 2.24) is 5.32 Å². The maximum absolute atomic E-state index is 5.52.